The van der Waals surface area contributed by atoms with E-state index in [1.54, 1.807) is 38.1 Å². The fourth-order valence-corrected chi connectivity index (χ4v) is 1.24. The van der Waals surface area contributed by atoms with Crippen molar-refractivity contribution in [2.45, 2.75) is 26.5 Å². The Balaban J connectivity index is 2.69. The molecule has 0 radical (unpaired) electrons. The molecule has 0 saturated heterocycles. The standard InChI is InChI=1S/C12H18N2O2/c1-8(9(2)13)12(16)14-11-5-3-4-10(6-11)7-15/h3-6,8-9,15H,7,13H2,1-2H3,(H,14,16). The summed E-state index contributed by atoms with van der Waals surface area (Å²) in [5, 5.41) is 11.7. The number of amides is 1. The fourth-order valence-electron chi connectivity index (χ4n) is 1.24. The van der Waals surface area contributed by atoms with E-state index in [4.69, 9.17) is 10.8 Å². The van der Waals surface area contributed by atoms with Gasteiger partial charge in [-0.1, -0.05) is 19.1 Å². The lowest BCUT2D eigenvalue weighted by molar-refractivity contribution is -0.119. The lowest BCUT2D eigenvalue weighted by Gasteiger charge is -2.15. The van der Waals surface area contributed by atoms with Crippen LogP contribution < -0.4 is 11.1 Å². The van der Waals surface area contributed by atoms with Crippen molar-refractivity contribution in [3.05, 3.63) is 29.8 Å². The predicted octanol–water partition coefficient (Wildman–Crippen LogP) is 1.10. The molecule has 0 aliphatic carbocycles. The predicted molar refractivity (Wildman–Crippen MR) is 63.8 cm³/mol. The molecule has 0 aliphatic rings. The molecule has 1 aromatic carbocycles. The molecule has 0 heterocycles. The largest absolute Gasteiger partial charge is 0.392 e. The molecule has 4 heteroatoms. The van der Waals surface area contributed by atoms with Gasteiger partial charge in [-0.3, -0.25) is 4.79 Å². The number of rotatable bonds is 4. The molecular formula is C12H18N2O2. The molecule has 1 amide bonds. The Morgan fingerprint density at radius 1 is 1.50 bits per heavy atom. The number of aliphatic hydroxyl groups is 1. The van der Waals surface area contributed by atoms with Crippen molar-refractivity contribution >= 4 is 11.6 Å². The van der Waals surface area contributed by atoms with Gasteiger partial charge >= 0.3 is 0 Å². The zero-order valence-corrected chi connectivity index (χ0v) is 9.60. The van der Waals surface area contributed by atoms with E-state index in [9.17, 15) is 4.79 Å². The quantitative estimate of drug-likeness (QED) is 0.714. The van der Waals surface area contributed by atoms with Gasteiger partial charge in [-0.25, -0.2) is 0 Å². The third-order valence-corrected chi connectivity index (χ3v) is 2.58. The summed E-state index contributed by atoms with van der Waals surface area (Å²) >= 11 is 0. The minimum atomic E-state index is -0.238. The van der Waals surface area contributed by atoms with Gasteiger partial charge in [0.25, 0.3) is 0 Å². The number of aliphatic hydroxyl groups excluding tert-OH is 1. The van der Waals surface area contributed by atoms with Gasteiger partial charge in [0.2, 0.25) is 5.91 Å². The Labute approximate surface area is 95.5 Å². The van der Waals surface area contributed by atoms with E-state index in [1.165, 1.54) is 0 Å². The zero-order chi connectivity index (χ0) is 12.1. The molecule has 4 nitrogen and oxygen atoms in total. The summed E-state index contributed by atoms with van der Waals surface area (Å²) in [5.74, 6) is -0.345. The Bertz CT molecular complexity index is 364. The molecule has 4 N–H and O–H groups in total. The Hall–Kier alpha value is -1.39. The number of nitrogens with one attached hydrogen (secondary N) is 1. The summed E-state index contributed by atoms with van der Waals surface area (Å²) in [6, 6.07) is 6.93. The first-order valence-electron chi connectivity index (χ1n) is 5.31. The van der Waals surface area contributed by atoms with E-state index in [0.29, 0.717) is 5.69 Å². The van der Waals surface area contributed by atoms with Gasteiger partial charge in [0, 0.05) is 11.7 Å². The van der Waals surface area contributed by atoms with Crippen LogP contribution >= 0.6 is 0 Å². The molecule has 2 atom stereocenters. The van der Waals surface area contributed by atoms with Crippen LogP contribution in [0, 0.1) is 5.92 Å². The Morgan fingerprint density at radius 3 is 2.75 bits per heavy atom. The van der Waals surface area contributed by atoms with Gasteiger partial charge in [0.05, 0.1) is 12.5 Å². The first-order chi connectivity index (χ1) is 7.54. The highest BCUT2D eigenvalue weighted by Crippen LogP contribution is 2.12. The average molecular weight is 222 g/mol. The smallest absolute Gasteiger partial charge is 0.228 e. The summed E-state index contributed by atoms with van der Waals surface area (Å²) in [5.41, 5.74) is 7.10. The van der Waals surface area contributed by atoms with Gasteiger partial charge < -0.3 is 16.2 Å². The minimum absolute atomic E-state index is 0.0352. The van der Waals surface area contributed by atoms with Crippen LogP contribution in [0.5, 0.6) is 0 Å². The highest BCUT2D eigenvalue weighted by atomic mass is 16.3. The number of carbonyl (C=O) groups excluding carboxylic acids is 1. The van der Waals surface area contributed by atoms with Crippen molar-refractivity contribution in [2.75, 3.05) is 5.32 Å². The van der Waals surface area contributed by atoms with Crippen LogP contribution in [0.1, 0.15) is 19.4 Å². The Kier molecular flexibility index (Phi) is 4.46. The first kappa shape index (κ1) is 12.7. The molecule has 1 rings (SSSR count). The lowest BCUT2D eigenvalue weighted by Crippen LogP contribution is -2.34. The van der Waals surface area contributed by atoms with Crippen molar-refractivity contribution in [1.29, 1.82) is 0 Å². The van der Waals surface area contributed by atoms with Crippen LogP contribution in [0.25, 0.3) is 0 Å². The van der Waals surface area contributed by atoms with Crippen LogP contribution in [-0.2, 0) is 11.4 Å². The van der Waals surface area contributed by atoms with E-state index in [1.807, 2.05) is 0 Å². The second-order valence-corrected chi connectivity index (χ2v) is 4.00. The molecule has 0 aromatic heterocycles. The van der Waals surface area contributed by atoms with Gasteiger partial charge in [-0.05, 0) is 24.6 Å². The number of hydrogen-bond acceptors (Lipinski definition) is 3. The van der Waals surface area contributed by atoms with Crippen molar-refractivity contribution in [3.8, 4) is 0 Å². The summed E-state index contributed by atoms with van der Waals surface area (Å²) in [6.45, 7) is 3.55. The van der Waals surface area contributed by atoms with E-state index in [0.717, 1.165) is 5.56 Å². The van der Waals surface area contributed by atoms with Gasteiger partial charge in [0.1, 0.15) is 0 Å². The SMILES string of the molecule is CC(N)C(C)C(=O)Nc1cccc(CO)c1. The van der Waals surface area contributed by atoms with Gasteiger partial charge in [0.15, 0.2) is 0 Å². The molecule has 88 valence electrons. The average Bonchev–Trinajstić information content (AvgIpc) is 2.28. The highest BCUT2D eigenvalue weighted by Gasteiger charge is 2.16. The van der Waals surface area contributed by atoms with Crippen LogP contribution in [0.15, 0.2) is 24.3 Å². The number of benzene rings is 1. The molecule has 1 aromatic rings. The molecule has 0 spiro atoms. The molecule has 16 heavy (non-hydrogen) atoms. The van der Waals surface area contributed by atoms with E-state index >= 15 is 0 Å². The monoisotopic (exact) mass is 222 g/mol. The van der Waals surface area contributed by atoms with Crippen LogP contribution in [0.4, 0.5) is 5.69 Å². The number of hydrogen-bond donors (Lipinski definition) is 3. The lowest BCUT2D eigenvalue weighted by atomic mass is 10.0. The van der Waals surface area contributed by atoms with Gasteiger partial charge in [-0.15, -0.1) is 0 Å². The summed E-state index contributed by atoms with van der Waals surface area (Å²) in [7, 11) is 0. The topological polar surface area (TPSA) is 75.4 Å². The maximum atomic E-state index is 11.7. The molecule has 0 saturated carbocycles. The third-order valence-electron chi connectivity index (χ3n) is 2.58. The van der Waals surface area contributed by atoms with Crippen molar-refractivity contribution in [1.82, 2.24) is 0 Å². The van der Waals surface area contributed by atoms with E-state index in [-0.39, 0.29) is 24.5 Å². The summed E-state index contributed by atoms with van der Waals surface area (Å²) in [4.78, 5) is 11.7. The number of nitrogens with two attached hydrogens (primary N) is 1. The van der Waals surface area contributed by atoms with Crippen LogP contribution in [-0.4, -0.2) is 17.1 Å². The van der Waals surface area contributed by atoms with Crippen LogP contribution in [0.2, 0.25) is 0 Å². The second kappa shape index (κ2) is 5.63. The molecular weight excluding hydrogens is 204 g/mol. The van der Waals surface area contributed by atoms with Gasteiger partial charge in [-0.2, -0.15) is 0 Å². The molecule has 0 bridgehead atoms. The van der Waals surface area contributed by atoms with Crippen LogP contribution in [0.3, 0.4) is 0 Å². The molecule has 0 aliphatic heterocycles. The number of carbonyl (C=O) groups is 1. The van der Waals surface area contributed by atoms with Crippen molar-refractivity contribution < 1.29 is 9.90 Å². The molecule has 2 unspecified atom stereocenters. The first-order valence-corrected chi connectivity index (χ1v) is 5.31. The maximum Gasteiger partial charge on any atom is 0.228 e. The highest BCUT2D eigenvalue weighted by molar-refractivity contribution is 5.92. The maximum absolute atomic E-state index is 11.7. The van der Waals surface area contributed by atoms with E-state index in [2.05, 4.69) is 5.32 Å². The zero-order valence-electron chi connectivity index (χ0n) is 9.60. The summed E-state index contributed by atoms with van der Waals surface area (Å²) < 4.78 is 0. The van der Waals surface area contributed by atoms with Crippen molar-refractivity contribution in [3.63, 3.8) is 0 Å². The number of anilines is 1. The normalized spacial score (nSPS) is 14.2. The fraction of sp³-hybridized carbons (Fsp3) is 0.417. The van der Waals surface area contributed by atoms with Crippen molar-refractivity contribution in [2.24, 2.45) is 11.7 Å². The Morgan fingerprint density at radius 2 is 2.19 bits per heavy atom. The van der Waals surface area contributed by atoms with E-state index < -0.39 is 0 Å². The molecule has 0 fully saturated rings. The summed E-state index contributed by atoms with van der Waals surface area (Å²) in [6.07, 6.45) is 0. The third kappa shape index (κ3) is 3.32. The second-order valence-electron chi connectivity index (χ2n) is 4.00. The minimum Gasteiger partial charge on any atom is -0.392 e.